The van der Waals surface area contributed by atoms with Crippen LogP contribution in [0.25, 0.3) is 0 Å². The van der Waals surface area contributed by atoms with Crippen LogP contribution in [0.5, 0.6) is 0 Å². The molecule has 1 heterocycles. The van der Waals surface area contributed by atoms with Gasteiger partial charge in [0.15, 0.2) is 0 Å². The first-order valence-corrected chi connectivity index (χ1v) is 7.25. The van der Waals surface area contributed by atoms with Gasteiger partial charge < -0.3 is 5.32 Å². The molecular weight excluding hydrogens is 276 g/mol. The summed E-state index contributed by atoms with van der Waals surface area (Å²) in [7, 11) is 0. The Morgan fingerprint density at radius 3 is 2.40 bits per heavy atom. The van der Waals surface area contributed by atoms with E-state index >= 15 is 0 Å². The molecule has 0 bridgehead atoms. The number of benzene rings is 1. The SMILES string of the molecule is CCC1(CC)NC(=O)C(C)N(c2ccccc2Cl)C1=O. The topological polar surface area (TPSA) is 49.4 Å². The Bertz CT molecular complexity index is 540. The minimum Gasteiger partial charge on any atom is -0.340 e. The number of anilines is 1. The lowest BCUT2D eigenvalue weighted by Crippen LogP contribution is -2.69. The molecule has 1 aromatic carbocycles. The summed E-state index contributed by atoms with van der Waals surface area (Å²) in [4.78, 5) is 26.6. The maximum atomic E-state index is 12.9. The van der Waals surface area contributed by atoms with Crippen LogP contribution in [-0.2, 0) is 9.59 Å². The first-order valence-electron chi connectivity index (χ1n) is 6.87. The van der Waals surface area contributed by atoms with Gasteiger partial charge in [0.2, 0.25) is 5.91 Å². The van der Waals surface area contributed by atoms with E-state index in [1.165, 1.54) is 4.90 Å². The second-order valence-corrected chi connectivity index (χ2v) is 5.49. The predicted octanol–water partition coefficient (Wildman–Crippen LogP) is 2.75. The van der Waals surface area contributed by atoms with Gasteiger partial charge >= 0.3 is 0 Å². The van der Waals surface area contributed by atoms with Crippen molar-refractivity contribution in [1.29, 1.82) is 0 Å². The molecule has 0 aliphatic carbocycles. The quantitative estimate of drug-likeness (QED) is 0.932. The normalized spacial score (nSPS) is 21.8. The van der Waals surface area contributed by atoms with Crippen molar-refractivity contribution in [1.82, 2.24) is 5.32 Å². The van der Waals surface area contributed by atoms with Gasteiger partial charge in [-0.25, -0.2) is 0 Å². The number of carbonyl (C=O) groups is 2. The average Bonchev–Trinajstić information content (AvgIpc) is 2.45. The Balaban J connectivity index is 2.52. The summed E-state index contributed by atoms with van der Waals surface area (Å²) in [5.41, 5.74) is -0.240. The van der Waals surface area contributed by atoms with Gasteiger partial charge in [-0.1, -0.05) is 37.6 Å². The molecule has 1 aromatic rings. The zero-order valence-electron chi connectivity index (χ0n) is 11.9. The van der Waals surface area contributed by atoms with E-state index in [4.69, 9.17) is 11.6 Å². The van der Waals surface area contributed by atoms with E-state index in [2.05, 4.69) is 5.32 Å². The lowest BCUT2D eigenvalue weighted by atomic mass is 9.87. The molecule has 1 unspecified atom stereocenters. The second kappa shape index (κ2) is 5.44. The molecule has 108 valence electrons. The van der Waals surface area contributed by atoms with Crippen molar-refractivity contribution in [2.24, 2.45) is 0 Å². The molecule has 1 atom stereocenters. The summed E-state index contributed by atoms with van der Waals surface area (Å²) >= 11 is 6.19. The van der Waals surface area contributed by atoms with Crippen LogP contribution in [0.2, 0.25) is 5.02 Å². The fourth-order valence-corrected chi connectivity index (χ4v) is 2.84. The number of para-hydroxylation sites is 1. The number of halogens is 1. The van der Waals surface area contributed by atoms with E-state index < -0.39 is 11.6 Å². The van der Waals surface area contributed by atoms with Crippen molar-refractivity contribution in [3.63, 3.8) is 0 Å². The molecule has 1 aliphatic heterocycles. The molecule has 5 heteroatoms. The monoisotopic (exact) mass is 294 g/mol. The van der Waals surface area contributed by atoms with Crippen LogP contribution >= 0.6 is 11.6 Å². The average molecular weight is 295 g/mol. The molecule has 2 rings (SSSR count). The third-order valence-electron chi connectivity index (χ3n) is 4.08. The van der Waals surface area contributed by atoms with Crippen LogP contribution in [0.1, 0.15) is 33.6 Å². The van der Waals surface area contributed by atoms with Crippen molar-refractivity contribution < 1.29 is 9.59 Å². The highest BCUT2D eigenvalue weighted by molar-refractivity contribution is 6.34. The number of amides is 2. The largest absolute Gasteiger partial charge is 0.340 e. The Labute approximate surface area is 124 Å². The number of nitrogens with one attached hydrogen (secondary N) is 1. The molecule has 0 radical (unpaired) electrons. The highest BCUT2D eigenvalue weighted by Crippen LogP contribution is 2.33. The fourth-order valence-electron chi connectivity index (χ4n) is 2.61. The molecule has 1 saturated heterocycles. The van der Waals surface area contributed by atoms with E-state index in [-0.39, 0.29) is 11.8 Å². The number of rotatable bonds is 3. The second-order valence-electron chi connectivity index (χ2n) is 5.08. The van der Waals surface area contributed by atoms with Gasteiger partial charge in [-0.05, 0) is 31.9 Å². The highest BCUT2D eigenvalue weighted by atomic mass is 35.5. The van der Waals surface area contributed by atoms with Crippen LogP contribution in [0.4, 0.5) is 5.69 Å². The molecule has 20 heavy (non-hydrogen) atoms. The Kier molecular flexibility index (Phi) is 4.04. The number of piperazine rings is 1. The first kappa shape index (κ1) is 14.9. The number of hydrogen-bond donors (Lipinski definition) is 1. The molecule has 2 amide bonds. The Hall–Kier alpha value is -1.55. The van der Waals surface area contributed by atoms with Crippen molar-refractivity contribution >= 4 is 29.1 Å². The molecule has 4 nitrogen and oxygen atoms in total. The number of carbonyl (C=O) groups excluding carboxylic acids is 2. The lowest BCUT2D eigenvalue weighted by Gasteiger charge is -2.44. The lowest BCUT2D eigenvalue weighted by molar-refractivity contribution is -0.138. The van der Waals surface area contributed by atoms with E-state index in [1.54, 1.807) is 25.1 Å². The van der Waals surface area contributed by atoms with Gasteiger partial charge in [-0.15, -0.1) is 0 Å². The summed E-state index contributed by atoms with van der Waals surface area (Å²) < 4.78 is 0. The maximum Gasteiger partial charge on any atom is 0.253 e. The maximum absolute atomic E-state index is 12.9. The molecular formula is C15H19ClN2O2. The molecule has 0 aromatic heterocycles. The summed E-state index contributed by atoms with van der Waals surface area (Å²) in [6.07, 6.45) is 1.11. The molecule has 1 fully saturated rings. The van der Waals surface area contributed by atoms with Crippen LogP contribution < -0.4 is 10.2 Å². The van der Waals surface area contributed by atoms with Gasteiger partial charge in [-0.3, -0.25) is 14.5 Å². The highest BCUT2D eigenvalue weighted by Gasteiger charge is 2.48. The smallest absolute Gasteiger partial charge is 0.253 e. The number of hydrogen-bond acceptors (Lipinski definition) is 2. The zero-order valence-corrected chi connectivity index (χ0v) is 12.7. The van der Waals surface area contributed by atoms with Crippen molar-refractivity contribution in [2.45, 2.75) is 45.2 Å². The Morgan fingerprint density at radius 2 is 1.85 bits per heavy atom. The zero-order chi connectivity index (χ0) is 14.9. The number of nitrogens with zero attached hydrogens (tertiary/aromatic N) is 1. The van der Waals surface area contributed by atoms with Crippen molar-refractivity contribution in [2.75, 3.05) is 4.90 Å². The van der Waals surface area contributed by atoms with Crippen LogP contribution in [-0.4, -0.2) is 23.4 Å². The van der Waals surface area contributed by atoms with Crippen LogP contribution in [0.3, 0.4) is 0 Å². The summed E-state index contributed by atoms with van der Waals surface area (Å²) in [5.74, 6) is -0.240. The van der Waals surface area contributed by atoms with Crippen molar-refractivity contribution in [3.8, 4) is 0 Å². The van der Waals surface area contributed by atoms with E-state index in [1.807, 2.05) is 19.9 Å². The summed E-state index contributed by atoms with van der Waals surface area (Å²) in [6.45, 7) is 5.52. The van der Waals surface area contributed by atoms with Crippen LogP contribution in [0.15, 0.2) is 24.3 Å². The third-order valence-corrected chi connectivity index (χ3v) is 4.40. The molecule has 1 N–H and O–H groups in total. The van der Waals surface area contributed by atoms with Gasteiger partial charge in [0.05, 0.1) is 10.7 Å². The summed E-state index contributed by atoms with van der Waals surface area (Å²) in [6, 6.07) is 6.55. The summed E-state index contributed by atoms with van der Waals surface area (Å²) in [5, 5.41) is 3.35. The predicted molar refractivity (Wildman–Crippen MR) is 79.9 cm³/mol. The van der Waals surface area contributed by atoms with E-state index in [0.29, 0.717) is 23.6 Å². The van der Waals surface area contributed by atoms with E-state index in [9.17, 15) is 9.59 Å². The van der Waals surface area contributed by atoms with Gasteiger partial charge in [0.1, 0.15) is 11.6 Å². The minimum absolute atomic E-state index is 0.0947. The Morgan fingerprint density at radius 1 is 1.25 bits per heavy atom. The third kappa shape index (κ3) is 2.18. The van der Waals surface area contributed by atoms with Crippen molar-refractivity contribution in [3.05, 3.63) is 29.3 Å². The molecule has 0 saturated carbocycles. The van der Waals surface area contributed by atoms with Gasteiger partial charge in [-0.2, -0.15) is 0 Å². The van der Waals surface area contributed by atoms with Gasteiger partial charge in [0.25, 0.3) is 5.91 Å². The first-order chi connectivity index (χ1) is 9.46. The van der Waals surface area contributed by atoms with Gasteiger partial charge in [0, 0.05) is 0 Å². The van der Waals surface area contributed by atoms with E-state index in [0.717, 1.165) is 0 Å². The molecule has 1 aliphatic rings. The fraction of sp³-hybridized carbons (Fsp3) is 0.467. The molecule has 0 spiro atoms. The standard InChI is InChI=1S/C15H19ClN2O2/c1-4-15(5-2)14(20)18(10(3)13(19)17-15)12-9-7-6-8-11(12)16/h6-10H,4-5H2,1-3H3,(H,17,19). The minimum atomic E-state index is -0.831. The van der Waals surface area contributed by atoms with Crippen LogP contribution in [0, 0.1) is 0 Å².